The van der Waals surface area contributed by atoms with Crippen LogP contribution in [0.1, 0.15) is 37.7 Å². The molecule has 30 heavy (non-hydrogen) atoms. The molecule has 1 aromatic heterocycles. The summed E-state index contributed by atoms with van der Waals surface area (Å²) in [5, 5.41) is 1.10. The van der Waals surface area contributed by atoms with Gasteiger partial charge in [0.1, 0.15) is 5.82 Å². The van der Waals surface area contributed by atoms with Crippen molar-refractivity contribution in [2.45, 2.75) is 43.6 Å². The van der Waals surface area contributed by atoms with Gasteiger partial charge in [-0.25, -0.2) is 4.98 Å². The molecule has 0 bridgehead atoms. The number of nitrogens with zero attached hydrogens (tertiary/aromatic N) is 3. The second kappa shape index (κ2) is 9.23. The highest BCUT2D eigenvalue weighted by Gasteiger charge is 2.41. The van der Waals surface area contributed by atoms with Crippen molar-refractivity contribution < 1.29 is 4.79 Å². The molecule has 2 saturated heterocycles. The van der Waals surface area contributed by atoms with Crippen LogP contribution in [0.5, 0.6) is 0 Å². The first kappa shape index (κ1) is 21.6. The van der Waals surface area contributed by atoms with E-state index in [4.69, 9.17) is 28.9 Å². The Morgan fingerprint density at radius 1 is 1.13 bits per heavy atom. The molecule has 0 aliphatic carbocycles. The van der Waals surface area contributed by atoms with Gasteiger partial charge in [-0.2, -0.15) is 0 Å². The molecule has 0 radical (unpaired) electrons. The third-order valence-electron chi connectivity index (χ3n) is 6.58. The van der Waals surface area contributed by atoms with Crippen molar-refractivity contribution in [3.63, 3.8) is 0 Å². The molecule has 2 aliphatic heterocycles. The van der Waals surface area contributed by atoms with Crippen LogP contribution in [0.15, 0.2) is 42.6 Å². The van der Waals surface area contributed by atoms with E-state index >= 15 is 0 Å². The number of rotatable bonds is 5. The zero-order valence-electron chi connectivity index (χ0n) is 17.1. The second-order valence-electron chi connectivity index (χ2n) is 8.51. The Balaban J connectivity index is 1.62. The number of carbonyl (C=O) groups excluding carboxylic acids is 1. The number of anilines is 1. The van der Waals surface area contributed by atoms with Crippen LogP contribution in [0.3, 0.4) is 0 Å². The lowest BCUT2D eigenvalue weighted by molar-refractivity contribution is -0.120. The molecular weight excluding hydrogens is 419 g/mol. The van der Waals surface area contributed by atoms with Gasteiger partial charge in [-0.3, -0.25) is 9.69 Å². The number of halogens is 2. The fourth-order valence-corrected chi connectivity index (χ4v) is 4.93. The van der Waals surface area contributed by atoms with Crippen molar-refractivity contribution in [3.8, 4) is 0 Å². The quantitative estimate of drug-likeness (QED) is 0.744. The van der Waals surface area contributed by atoms with E-state index in [1.807, 2.05) is 35.2 Å². The van der Waals surface area contributed by atoms with Crippen LogP contribution in [0.4, 0.5) is 5.82 Å². The average Bonchev–Trinajstić information content (AvgIpc) is 2.77. The summed E-state index contributed by atoms with van der Waals surface area (Å²) in [5.74, 6) is 0.823. The highest BCUT2D eigenvalue weighted by molar-refractivity contribution is 6.42. The standard InChI is InChI=1S/C23H28Cl2N4O/c24-19-5-4-17(15-20(19)25)23(10-14-28-12-7-18(26)8-13-28)9-6-22(30)29(16-23)21-3-1-2-11-27-21/h1-5,11,15,18H,6-10,12-14,16,26H2/t23-/m1/s1. The number of hydrogen-bond acceptors (Lipinski definition) is 4. The highest BCUT2D eigenvalue weighted by Crippen LogP contribution is 2.41. The summed E-state index contributed by atoms with van der Waals surface area (Å²) in [6.07, 6.45) is 6.03. The summed E-state index contributed by atoms with van der Waals surface area (Å²) in [4.78, 5) is 21.5. The first-order valence-corrected chi connectivity index (χ1v) is 11.4. The van der Waals surface area contributed by atoms with E-state index in [2.05, 4.69) is 16.0 Å². The third-order valence-corrected chi connectivity index (χ3v) is 7.31. The van der Waals surface area contributed by atoms with Gasteiger partial charge in [-0.05, 0) is 75.1 Å². The number of likely N-dealkylation sites (tertiary alicyclic amines) is 1. The Morgan fingerprint density at radius 2 is 1.93 bits per heavy atom. The van der Waals surface area contributed by atoms with E-state index in [0.29, 0.717) is 34.9 Å². The minimum atomic E-state index is -0.195. The van der Waals surface area contributed by atoms with Crippen LogP contribution in [0, 0.1) is 0 Å². The number of aromatic nitrogens is 1. The Kier molecular flexibility index (Phi) is 6.63. The highest BCUT2D eigenvalue weighted by atomic mass is 35.5. The molecule has 2 aromatic rings. The van der Waals surface area contributed by atoms with Crippen LogP contribution in [-0.2, 0) is 10.2 Å². The average molecular weight is 447 g/mol. The Labute approximate surface area is 188 Å². The third kappa shape index (κ3) is 4.65. The van der Waals surface area contributed by atoms with Crippen molar-refractivity contribution in [2.24, 2.45) is 5.73 Å². The minimum Gasteiger partial charge on any atom is -0.328 e. The molecule has 1 amide bonds. The monoisotopic (exact) mass is 446 g/mol. The van der Waals surface area contributed by atoms with E-state index in [-0.39, 0.29) is 11.3 Å². The van der Waals surface area contributed by atoms with E-state index in [1.165, 1.54) is 0 Å². The number of hydrogen-bond donors (Lipinski definition) is 1. The molecule has 0 spiro atoms. The van der Waals surface area contributed by atoms with Gasteiger partial charge in [0.15, 0.2) is 0 Å². The molecule has 160 valence electrons. The zero-order valence-corrected chi connectivity index (χ0v) is 18.6. The van der Waals surface area contributed by atoms with Crippen LogP contribution in [-0.4, -0.2) is 48.0 Å². The predicted molar refractivity (Wildman–Crippen MR) is 122 cm³/mol. The molecule has 5 nitrogen and oxygen atoms in total. The molecule has 2 N–H and O–H groups in total. The lowest BCUT2D eigenvalue weighted by Gasteiger charge is -2.44. The molecule has 7 heteroatoms. The summed E-state index contributed by atoms with van der Waals surface area (Å²) in [6.45, 7) is 3.62. The van der Waals surface area contributed by atoms with Crippen molar-refractivity contribution in [3.05, 3.63) is 58.2 Å². The smallest absolute Gasteiger partial charge is 0.228 e. The van der Waals surface area contributed by atoms with Gasteiger partial charge in [-0.15, -0.1) is 0 Å². The summed E-state index contributed by atoms with van der Waals surface area (Å²) >= 11 is 12.6. The van der Waals surface area contributed by atoms with Crippen molar-refractivity contribution in [1.29, 1.82) is 0 Å². The Bertz CT molecular complexity index is 886. The molecule has 0 saturated carbocycles. The number of pyridine rings is 1. The predicted octanol–water partition coefficient (Wildman–Crippen LogP) is 4.27. The molecule has 1 aromatic carbocycles. The van der Waals surface area contributed by atoms with E-state index in [0.717, 1.165) is 50.9 Å². The number of piperidine rings is 2. The van der Waals surface area contributed by atoms with Gasteiger partial charge < -0.3 is 10.6 Å². The zero-order chi connectivity index (χ0) is 21.1. The SMILES string of the molecule is NC1CCN(CC[C@]2(c3ccc(Cl)c(Cl)c3)CCC(=O)N(c3ccccn3)C2)CC1. The lowest BCUT2D eigenvalue weighted by Crippen LogP contribution is -2.51. The Morgan fingerprint density at radius 3 is 2.63 bits per heavy atom. The van der Waals surface area contributed by atoms with Crippen LogP contribution >= 0.6 is 23.2 Å². The van der Waals surface area contributed by atoms with Crippen LogP contribution in [0.25, 0.3) is 0 Å². The van der Waals surface area contributed by atoms with Crippen molar-refractivity contribution in [2.75, 3.05) is 31.1 Å². The molecule has 3 heterocycles. The fourth-order valence-electron chi connectivity index (χ4n) is 4.63. The maximum Gasteiger partial charge on any atom is 0.228 e. The van der Waals surface area contributed by atoms with Crippen LogP contribution < -0.4 is 10.6 Å². The van der Waals surface area contributed by atoms with Gasteiger partial charge in [0.05, 0.1) is 10.0 Å². The number of carbonyl (C=O) groups is 1. The molecule has 1 atom stereocenters. The second-order valence-corrected chi connectivity index (χ2v) is 9.32. The van der Waals surface area contributed by atoms with Crippen LogP contribution in [0.2, 0.25) is 10.0 Å². The topological polar surface area (TPSA) is 62.5 Å². The fraction of sp³-hybridized carbons (Fsp3) is 0.478. The normalized spacial score (nSPS) is 23.7. The number of amides is 1. The Hall–Kier alpha value is -1.66. The number of benzene rings is 1. The van der Waals surface area contributed by atoms with Gasteiger partial charge in [0.25, 0.3) is 0 Å². The first-order valence-electron chi connectivity index (χ1n) is 10.6. The summed E-state index contributed by atoms with van der Waals surface area (Å²) in [7, 11) is 0. The largest absolute Gasteiger partial charge is 0.328 e. The van der Waals surface area contributed by atoms with Gasteiger partial charge in [0, 0.05) is 30.6 Å². The minimum absolute atomic E-state index is 0.119. The molecule has 2 fully saturated rings. The molecular formula is C23H28Cl2N4O. The maximum absolute atomic E-state index is 12.8. The molecule has 2 aliphatic rings. The maximum atomic E-state index is 12.8. The number of nitrogens with two attached hydrogens (primary N) is 1. The van der Waals surface area contributed by atoms with Crippen molar-refractivity contribution >= 4 is 34.9 Å². The van der Waals surface area contributed by atoms with Gasteiger partial charge in [-0.1, -0.05) is 35.3 Å². The first-order chi connectivity index (χ1) is 14.5. The van der Waals surface area contributed by atoms with Gasteiger partial charge >= 0.3 is 0 Å². The van der Waals surface area contributed by atoms with E-state index in [9.17, 15) is 4.79 Å². The lowest BCUT2D eigenvalue weighted by atomic mass is 9.71. The van der Waals surface area contributed by atoms with Crippen molar-refractivity contribution in [1.82, 2.24) is 9.88 Å². The summed E-state index contributed by atoms with van der Waals surface area (Å²) in [5.41, 5.74) is 7.02. The van der Waals surface area contributed by atoms with E-state index < -0.39 is 0 Å². The van der Waals surface area contributed by atoms with Gasteiger partial charge in [0.2, 0.25) is 5.91 Å². The molecule has 4 rings (SSSR count). The summed E-state index contributed by atoms with van der Waals surface area (Å²) in [6, 6.07) is 11.9. The van der Waals surface area contributed by atoms with E-state index in [1.54, 1.807) is 6.20 Å². The summed E-state index contributed by atoms with van der Waals surface area (Å²) < 4.78 is 0. The molecule has 0 unspecified atom stereocenters.